The first-order valence-corrected chi connectivity index (χ1v) is 8.99. The van der Waals surface area contributed by atoms with Crippen LogP contribution < -0.4 is 0 Å². The van der Waals surface area contributed by atoms with Crippen LogP contribution in [0.3, 0.4) is 0 Å². The van der Waals surface area contributed by atoms with E-state index in [0.717, 1.165) is 12.8 Å². The summed E-state index contributed by atoms with van der Waals surface area (Å²) in [4.78, 5) is 11.6. The summed E-state index contributed by atoms with van der Waals surface area (Å²) < 4.78 is 28.2. The second-order valence-corrected chi connectivity index (χ2v) is 6.64. The molecule has 118 valence electrons. The van der Waals surface area contributed by atoms with Gasteiger partial charge in [0.25, 0.3) is 0 Å². The SMILES string of the molecule is CCCCCCCCCC(=O)OS(=O)(=O)c1ccccc1. The van der Waals surface area contributed by atoms with Crippen LogP contribution in [0.15, 0.2) is 35.2 Å². The second kappa shape index (κ2) is 9.55. The fourth-order valence-electron chi connectivity index (χ4n) is 2.03. The van der Waals surface area contributed by atoms with Gasteiger partial charge in [0.1, 0.15) is 4.90 Å². The van der Waals surface area contributed by atoms with E-state index in [1.807, 2.05) is 0 Å². The first-order valence-electron chi connectivity index (χ1n) is 7.58. The zero-order valence-electron chi connectivity index (χ0n) is 12.6. The number of carbonyl (C=O) groups excluding carboxylic acids is 1. The van der Waals surface area contributed by atoms with Gasteiger partial charge in [0.15, 0.2) is 0 Å². The Kier molecular flexibility index (Phi) is 8.05. The molecule has 0 bridgehead atoms. The van der Waals surface area contributed by atoms with Crippen LogP contribution in [0.25, 0.3) is 0 Å². The van der Waals surface area contributed by atoms with Gasteiger partial charge in [0.2, 0.25) is 0 Å². The molecule has 0 N–H and O–H groups in total. The Bertz CT molecular complexity index is 508. The fraction of sp³-hybridized carbons (Fsp3) is 0.562. The Labute approximate surface area is 127 Å². The van der Waals surface area contributed by atoms with Crippen molar-refractivity contribution in [2.24, 2.45) is 0 Å². The molecule has 0 aliphatic carbocycles. The summed E-state index contributed by atoms with van der Waals surface area (Å²) in [7, 11) is -3.96. The molecule has 0 spiro atoms. The van der Waals surface area contributed by atoms with Crippen molar-refractivity contribution >= 4 is 16.1 Å². The monoisotopic (exact) mass is 312 g/mol. The maximum atomic E-state index is 11.8. The van der Waals surface area contributed by atoms with E-state index in [4.69, 9.17) is 0 Å². The Morgan fingerprint density at radius 1 is 0.952 bits per heavy atom. The molecule has 4 nitrogen and oxygen atoms in total. The third-order valence-corrected chi connectivity index (χ3v) is 4.47. The smallest absolute Gasteiger partial charge is 0.341 e. The van der Waals surface area contributed by atoms with Crippen molar-refractivity contribution in [3.05, 3.63) is 30.3 Å². The molecule has 1 rings (SSSR count). The summed E-state index contributed by atoms with van der Waals surface area (Å²) in [5, 5.41) is 0. The predicted octanol–water partition coefficient (Wildman–Crippen LogP) is 4.06. The van der Waals surface area contributed by atoms with Gasteiger partial charge in [-0.25, -0.2) is 0 Å². The number of rotatable bonds is 10. The number of carbonyl (C=O) groups is 1. The third kappa shape index (κ3) is 7.27. The number of hydrogen-bond acceptors (Lipinski definition) is 4. The molecule has 0 fully saturated rings. The first kappa shape index (κ1) is 17.7. The van der Waals surface area contributed by atoms with Crippen molar-refractivity contribution in [3.63, 3.8) is 0 Å². The molecular formula is C16H24O4S. The maximum Gasteiger partial charge on any atom is 0.341 e. The zero-order chi connectivity index (χ0) is 15.6. The van der Waals surface area contributed by atoms with Crippen molar-refractivity contribution < 1.29 is 17.4 Å². The Morgan fingerprint density at radius 2 is 1.52 bits per heavy atom. The number of benzene rings is 1. The van der Waals surface area contributed by atoms with Gasteiger partial charge < -0.3 is 4.18 Å². The van der Waals surface area contributed by atoms with Crippen LogP contribution in [0, 0.1) is 0 Å². The zero-order valence-corrected chi connectivity index (χ0v) is 13.4. The van der Waals surface area contributed by atoms with E-state index in [0.29, 0.717) is 6.42 Å². The molecule has 0 amide bonds. The van der Waals surface area contributed by atoms with E-state index in [1.54, 1.807) is 18.2 Å². The minimum absolute atomic E-state index is 0.0120. The second-order valence-electron chi connectivity index (χ2n) is 5.09. The summed E-state index contributed by atoms with van der Waals surface area (Å²) in [6.07, 6.45) is 7.70. The summed E-state index contributed by atoms with van der Waals surface area (Å²) in [6, 6.07) is 7.72. The van der Waals surface area contributed by atoms with E-state index in [2.05, 4.69) is 11.1 Å². The lowest BCUT2D eigenvalue weighted by molar-refractivity contribution is -0.133. The van der Waals surface area contributed by atoms with E-state index >= 15 is 0 Å². The molecule has 21 heavy (non-hydrogen) atoms. The normalized spacial score (nSPS) is 11.3. The van der Waals surface area contributed by atoms with Crippen molar-refractivity contribution in [2.75, 3.05) is 0 Å². The lowest BCUT2D eigenvalue weighted by Crippen LogP contribution is -2.13. The average Bonchev–Trinajstić information content (AvgIpc) is 2.47. The van der Waals surface area contributed by atoms with Crippen LogP contribution in [0.1, 0.15) is 58.3 Å². The highest BCUT2D eigenvalue weighted by Crippen LogP contribution is 2.14. The van der Waals surface area contributed by atoms with Gasteiger partial charge in [-0.3, -0.25) is 4.79 Å². The highest BCUT2D eigenvalue weighted by molar-refractivity contribution is 7.87. The molecule has 0 heterocycles. The molecule has 0 radical (unpaired) electrons. The van der Waals surface area contributed by atoms with Crippen LogP contribution in [0.4, 0.5) is 0 Å². The Balaban J connectivity index is 2.25. The largest absolute Gasteiger partial charge is 0.342 e. The maximum absolute atomic E-state index is 11.8. The third-order valence-electron chi connectivity index (χ3n) is 3.22. The number of unbranched alkanes of at least 4 members (excludes halogenated alkanes) is 6. The summed E-state index contributed by atoms with van der Waals surface area (Å²) in [5.74, 6) is -0.674. The molecule has 0 atom stereocenters. The standard InChI is InChI=1S/C16H24O4S/c1-2-3-4-5-6-7-11-14-16(17)20-21(18,19)15-12-9-8-10-13-15/h8-10,12-13H,2-7,11,14H2,1H3. The number of hydrogen-bond donors (Lipinski definition) is 0. The molecular weight excluding hydrogens is 288 g/mol. The molecule has 0 saturated heterocycles. The van der Waals surface area contributed by atoms with Crippen LogP contribution in [0.2, 0.25) is 0 Å². The highest BCUT2D eigenvalue weighted by Gasteiger charge is 2.19. The minimum Gasteiger partial charge on any atom is -0.342 e. The predicted molar refractivity (Wildman–Crippen MR) is 82.3 cm³/mol. The quantitative estimate of drug-likeness (QED) is 0.483. The van der Waals surface area contributed by atoms with Crippen molar-refractivity contribution in [3.8, 4) is 0 Å². The lowest BCUT2D eigenvalue weighted by Gasteiger charge is -2.05. The van der Waals surface area contributed by atoms with Gasteiger partial charge in [-0.05, 0) is 18.6 Å². The van der Waals surface area contributed by atoms with Crippen LogP contribution >= 0.6 is 0 Å². The van der Waals surface area contributed by atoms with Crippen LogP contribution in [0.5, 0.6) is 0 Å². The molecule has 0 aliphatic heterocycles. The Morgan fingerprint density at radius 3 is 2.14 bits per heavy atom. The fourth-order valence-corrected chi connectivity index (χ4v) is 2.94. The van der Waals surface area contributed by atoms with Crippen LogP contribution in [-0.4, -0.2) is 14.4 Å². The van der Waals surface area contributed by atoms with Gasteiger partial charge in [-0.2, -0.15) is 8.42 Å². The van der Waals surface area contributed by atoms with Gasteiger partial charge >= 0.3 is 16.1 Å². The van der Waals surface area contributed by atoms with Gasteiger partial charge in [0, 0.05) is 6.42 Å². The molecule has 1 aromatic carbocycles. The van der Waals surface area contributed by atoms with Gasteiger partial charge in [-0.1, -0.05) is 63.6 Å². The van der Waals surface area contributed by atoms with E-state index in [1.165, 1.54) is 37.8 Å². The van der Waals surface area contributed by atoms with E-state index < -0.39 is 16.1 Å². The average molecular weight is 312 g/mol. The summed E-state index contributed by atoms with van der Waals surface area (Å²) >= 11 is 0. The van der Waals surface area contributed by atoms with Gasteiger partial charge in [0.05, 0.1) is 0 Å². The summed E-state index contributed by atoms with van der Waals surface area (Å²) in [5.41, 5.74) is 0. The molecule has 0 aromatic heterocycles. The highest BCUT2D eigenvalue weighted by atomic mass is 32.2. The first-order chi connectivity index (χ1) is 10.1. The molecule has 5 heteroatoms. The molecule has 0 unspecified atom stereocenters. The molecule has 0 saturated carbocycles. The molecule has 1 aromatic rings. The van der Waals surface area contributed by atoms with Crippen molar-refractivity contribution in [1.82, 2.24) is 0 Å². The Hall–Kier alpha value is -1.36. The van der Waals surface area contributed by atoms with E-state index in [-0.39, 0.29) is 11.3 Å². The van der Waals surface area contributed by atoms with E-state index in [9.17, 15) is 13.2 Å². The van der Waals surface area contributed by atoms with Crippen molar-refractivity contribution in [1.29, 1.82) is 0 Å². The topological polar surface area (TPSA) is 60.4 Å². The minimum atomic E-state index is -3.96. The lowest BCUT2D eigenvalue weighted by atomic mass is 10.1. The van der Waals surface area contributed by atoms with Crippen molar-refractivity contribution in [2.45, 2.75) is 63.2 Å². The summed E-state index contributed by atoms with van der Waals surface area (Å²) in [6.45, 7) is 2.17. The molecule has 0 aliphatic rings. The van der Waals surface area contributed by atoms with Crippen LogP contribution in [-0.2, 0) is 19.1 Å². The van der Waals surface area contributed by atoms with Gasteiger partial charge in [-0.15, -0.1) is 0 Å².